The van der Waals surface area contributed by atoms with Crippen LogP contribution >= 0.6 is 11.3 Å². The van der Waals surface area contributed by atoms with Crippen molar-refractivity contribution in [3.8, 4) is 5.75 Å². The summed E-state index contributed by atoms with van der Waals surface area (Å²) in [7, 11) is 1.64. The highest BCUT2D eigenvalue weighted by Crippen LogP contribution is 2.43. The second-order valence-corrected chi connectivity index (χ2v) is 8.56. The van der Waals surface area contributed by atoms with Crippen LogP contribution in [-0.4, -0.2) is 52.4 Å². The molecule has 1 aliphatic rings. The van der Waals surface area contributed by atoms with Crippen molar-refractivity contribution in [1.82, 2.24) is 4.98 Å². The van der Waals surface area contributed by atoms with E-state index in [-0.39, 0.29) is 17.1 Å². The summed E-state index contributed by atoms with van der Waals surface area (Å²) in [4.78, 5) is 29.0. The molecule has 4 rings (SSSR count). The summed E-state index contributed by atoms with van der Waals surface area (Å²) in [5.41, 5.74) is 6.63. The van der Waals surface area contributed by atoms with E-state index in [2.05, 4.69) is 20.4 Å². The Morgan fingerprint density at radius 3 is 2.71 bits per heavy atom. The number of benzene rings is 2. The largest absolute Gasteiger partial charge is 0.573 e. The average molecular weight is 497 g/mol. The molecule has 2 heterocycles. The zero-order valence-corrected chi connectivity index (χ0v) is 18.2. The molecule has 0 saturated heterocycles. The highest BCUT2D eigenvalue weighted by molar-refractivity contribution is 7.22. The molecule has 1 amide bonds. The van der Waals surface area contributed by atoms with E-state index in [0.29, 0.717) is 21.6 Å². The summed E-state index contributed by atoms with van der Waals surface area (Å²) < 4.78 is 42.0. The molecule has 1 aliphatic heterocycles. The van der Waals surface area contributed by atoms with Gasteiger partial charge in [-0.15, -0.1) is 13.2 Å². The number of aromatic carboxylic acids is 1. The Labute approximate surface area is 193 Å². The lowest BCUT2D eigenvalue weighted by Gasteiger charge is -2.39. The number of aliphatic hydroxyl groups excluding tert-OH is 1. The van der Waals surface area contributed by atoms with Crippen LogP contribution in [0.1, 0.15) is 16.8 Å². The molecule has 1 aromatic heterocycles. The van der Waals surface area contributed by atoms with Crippen molar-refractivity contribution in [2.45, 2.75) is 24.7 Å². The van der Waals surface area contributed by atoms with Gasteiger partial charge in [-0.3, -0.25) is 4.79 Å². The van der Waals surface area contributed by atoms with E-state index < -0.39 is 35.9 Å². The van der Waals surface area contributed by atoms with Crippen LogP contribution in [0.4, 0.5) is 29.7 Å². The Morgan fingerprint density at radius 1 is 1.32 bits per heavy atom. The van der Waals surface area contributed by atoms with E-state index in [0.717, 1.165) is 17.4 Å². The van der Waals surface area contributed by atoms with E-state index in [1.165, 1.54) is 24.3 Å². The van der Waals surface area contributed by atoms with Crippen LogP contribution in [0.5, 0.6) is 5.75 Å². The second-order valence-electron chi connectivity index (χ2n) is 7.53. The predicted octanol–water partition coefficient (Wildman–Crippen LogP) is 2.76. The maximum atomic E-state index is 12.5. The van der Waals surface area contributed by atoms with Crippen LogP contribution in [0.2, 0.25) is 0 Å². The van der Waals surface area contributed by atoms with Gasteiger partial charge in [0.25, 0.3) is 0 Å². The van der Waals surface area contributed by atoms with E-state index in [1.807, 2.05) is 0 Å². The summed E-state index contributed by atoms with van der Waals surface area (Å²) in [6, 6.07) is 8.05. The van der Waals surface area contributed by atoms with Gasteiger partial charge in [-0.2, -0.15) is 0 Å². The third-order valence-electron chi connectivity index (χ3n) is 5.24. The molecule has 0 radical (unpaired) electrons. The normalized spacial score (nSPS) is 18.3. The van der Waals surface area contributed by atoms with Gasteiger partial charge in [0.15, 0.2) is 10.9 Å². The minimum Gasteiger partial charge on any atom is -0.478 e. The van der Waals surface area contributed by atoms with Gasteiger partial charge < -0.3 is 36.2 Å². The van der Waals surface area contributed by atoms with Crippen LogP contribution in [0.3, 0.4) is 0 Å². The van der Waals surface area contributed by atoms with Gasteiger partial charge in [-0.25, -0.2) is 9.78 Å². The van der Waals surface area contributed by atoms with Crippen LogP contribution in [0.25, 0.3) is 10.2 Å². The summed E-state index contributed by atoms with van der Waals surface area (Å²) >= 11 is 1.02. The van der Waals surface area contributed by atoms with Gasteiger partial charge in [0.05, 0.1) is 27.2 Å². The van der Waals surface area contributed by atoms with Crippen molar-refractivity contribution < 1.29 is 37.7 Å². The molecule has 0 bridgehead atoms. The molecular formula is C20H18F3N5O5S. The predicted molar refractivity (Wildman–Crippen MR) is 118 cm³/mol. The SMILES string of the molecule is CN1c2ccc(C(=O)O)cc2NC1(C[C@@H](O)C(N)=O)Nc1nc2ccc(OC(F)(F)F)cc2s1. The van der Waals surface area contributed by atoms with Gasteiger partial charge >= 0.3 is 12.3 Å². The number of nitrogens with zero attached hydrogens (tertiary/aromatic N) is 2. The molecule has 0 spiro atoms. The Kier molecular flexibility index (Phi) is 5.65. The number of hydrogen-bond donors (Lipinski definition) is 5. The highest BCUT2D eigenvalue weighted by atomic mass is 32.1. The first-order chi connectivity index (χ1) is 15.9. The number of aliphatic hydroxyl groups is 1. The molecule has 14 heteroatoms. The smallest absolute Gasteiger partial charge is 0.478 e. The van der Waals surface area contributed by atoms with Crippen molar-refractivity contribution >= 4 is 49.9 Å². The van der Waals surface area contributed by atoms with E-state index >= 15 is 0 Å². The third-order valence-corrected chi connectivity index (χ3v) is 6.18. The van der Waals surface area contributed by atoms with E-state index in [1.54, 1.807) is 18.0 Å². The van der Waals surface area contributed by atoms with Crippen molar-refractivity contribution in [3.63, 3.8) is 0 Å². The fraction of sp³-hybridized carbons (Fsp3) is 0.250. The Balaban J connectivity index is 1.70. The van der Waals surface area contributed by atoms with Crippen molar-refractivity contribution in [3.05, 3.63) is 42.0 Å². The molecule has 180 valence electrons. The number of ether oxygens (including phenoxy) is 1. The number of carboxylic acid groups (broad SMARTS) is 1. The Hall–Kier alpha value is -3.78. The quantitative estimate of drug-likeness (QED) is 0.332. The van der Waals surface area contributed by atoms with Crippen molar-refractivity contribution in [2.24, 2.45) is 5.73 Å². The molecule has 34 heavy (non-hydrogen) atoms. The maximum absolute atomic E-state index is 12.5. The number of alkyl halides is 3. The number of anilines is 3. The standard InChI is InChI=1S/C20H18F3N5O5S/c1-28-13-5-2-9(17(31)32)6-12(13)26-19(28,8-14(29)16(24)30)27-18-25-11-4-3-10(7-15(11)34-18)33-20(21,22)23/h2-7,14,26,29H,8H2,1H3,(H2,24,30)(H,25,27)(H,31,32)/t14-,19?/m1/s1. The topological polar surface area (TPSA) is 150 Å². The van der Waals surface area contributed by atoms with Gasteiger partial charge in [-0.05, 0) is 30.3 Å². The fourth-order valence-electron chi connectivity index (χ4n) is 3.64. The zero-order chi connectivity index (χ0) is 24.8. The number of rotatable bonds is 7. The van der Waals surface area contributed by atoms with Crippen LogP contribution < -0.4 is 26.0 Å². The van der Waals surface area contributed by atoms with Gasteiger partial charge in [0.2, 0.25) is 5.91 Å². The monoisotopic (exact) mass is 497 g/mol. The average Bonchev–Trinajstić information content (AvgIpc) is 3.24. The van der Waals surface area contributed by atoms with Crippen LogP contribution in [0.15, 0.2) is 36.4 Å². The Bertz CT molecular complexity index is 1280. The lowest BCUT2D eigenvalue weighted by atomic mass is 10.1. The van der Waals surface area contributed by atoms with Gasteiger partial charge in [-0.1, -0.05) is 11.3 Å². The number of halogens is 3. The number of hydrogen-bond acceptors (Lipinski definition) is 9. The molecule has 6 N–H and O–H groups in total. The number of thiazole rings is 1. The number of nitrogens with two attached hydrogens (primary N) is 1. The number of aromatic nitrogens is 1. The highest BCUT2D eigenvalue weighted by Gasteiger charge is 2.45. The third kappa shape index (κ3) is 4.49. The first kappa shape index (κ1) is 23.4. The summed E-state index contributed by atoms with van der Waals surface area (Å²) in [5, 5.41) is 26.0. The van der Waals surface area contributed by atoms with Crippen molar-refractivity contribution in [2.75, 3.05) is 22.6 Å². The number of carboxylic acids is 1. The van der Waals surface area contributed by atoms with Crippen molar-refractivity contribution in [1.29, 1.82) is 0 Å². The number of nitrogens with one attached hydrogen (secondary N) is 2. The van der Waals surface area contributed by atoms with Gasteiger partial charge in [0.1, 0.15) is 11.9 Å². The summed E-state index contributed by atoms with van der Waals surface area (Å²) in [6.07, 6.45) is -6.70. The molecular weight excluding hydrogens is 479 g/mol. The first-order valence-corrected chi connectivity index (χ1v) is 10.5. The molecule has 0 saturated carbocycles. The molecule has 0 fully saturated rings. The minimum absolute atomic E-state index is 0.0167. The number of fused-ring (bicyclic) bond motifs is 2. The number of primary amides is 1. The molecule has 1 unspecified atom stereocenters. The van der Waals surface area contributed by atoms with Crippen LogP contribution in [0, 0.1) is 0 Å². The molecule has 2 aromatic carbocycles. The summed E-state index contributed by atoms with van der Waals surface area (Å²) in [5.74, 6) is -3.89. The lowest BCUT2D eigenvalue weighted by molar-refractivity contribution is -0.274. The fourth-order valence-corrected chi connectivity index (χ4v) is 4.61. The lowest BCUT2D eigenvalue weighted by Crippen LogP contribution is -2.58. The van der Waals surface area contributed by atoms with Crippen LogP contribution in [-0.2, 0) is 4.79 Å². The molecule has 3 aromatic rings. The number of amides is 1. The number of carbonyl (C=O) groups is 2. The second kappa shape index (κ2) is 8.22. The molecule has 0 aliphatic carbocycles. The van der Waals surface area contributed by atoms with Gasteiger partial charge in [0, 0.05) is 19.5 Å². The first-order valence-electron chi connectivity index (χ1n) is 9.68. The Morgan fingerprint density at radius 2 is 2.06 bits per heavy atom. The zero-order valence-electron chi connectivity index (χ0n) is 17.4. The molecule has 10 nitrogen and oxygen atoms in total. The maximum Gasteiger partial charge on any atom is 0.573 e. The number of carbonyl (C=O) groups excluding carboxylic acids is 1. The van der Waals surface area contributed by atoms with E-state index in [4.69, 9.17) is 5.73 Å². The van der Waals surface area contributed by atoms with E-state index in [9.17, 15) is 33.0 Å². The summed E-state index contributed by atoms with van der Waals surface area (Å²) in [6.45, 7) is 0. The molecule has 2 atom stereocenters. The minimum atomic E-state index is -4.84.